The number of aromatic hydroxyl groups is 1. The fourth-order valence-electron chi connectivity index (χ4n) is 2.38. The van der Waals surface area contributed by atoms with Gasteiger partial charge >= 0.3 is 0 Å². The molecule has 3 N–H and O–H groups in total. The summed E-state index contributed by atoms with van der Waals surface area (Å²) in [5.41, 5.74) is 1.77. The van der Waals surface area contributed by atoms with Gasteiger partial charge in [-0.15, -0.1) is 0 Å². The van der Waals surface area contributed by atoms with Crippen LogP contribution in [0, 0.1) is 0 Å². The summed E-state index contributed by atoms with van der Waals surface area (Å²) in [5, 5.41) is 15.9. The third-order valence-corrected chi connectivity index (χ3v) is 4.52. The summed E-state index contributed by atoms with van der Waals surface area (Å²) in [6, 6.07) is 10.0. The van der Waals surface area contributed by atoms with E-state index in [0.717, 1.165) is 12.0 Å². The number of rotatable bonds is 5. The van der Waals surface area contributed by atoms with E-state index in [1.807, 2.05) is 12.1 Å². The first-order valence-electron chi connectivity index (χ1n) is 8.14. The van der Waals surface area contributed by atoms with Crippen LogP contribution in [-0.4, -0.2) is 23.2 Å². The van der Waals surface area contributed by atoms with Crippen LogP contribution in [0.5, 0.6) is 11.5 Å². The Balaban J connectivity index is 2.14. The van der Waals surface area contributed by atoms with Crippen molar-refractivity contribution in [3.63, 3.8) is 0 Å². The number of methoxy groups -OCH3 is 1. The van der Waals surface area contributed by atoms with Gasteiger partial charge in [0.05, 0.1) is 18.4 Å². The average molecular weight is 393 g/mol. The molecule has 0 radical (unpaired) electrons. The SMILES string of the molecule is CC[C@H](C)c1ccc(O)c(NC(=S)NC(=O)c2cc(Cl)ccc2OC)c1. The van der Waals surface area contributed by atoms with Gasteiger partial charge < -0.3 is 15.2 Å². The van der Waals surface area contributed by atoms with E-state index in [1.165, 1.54) is 13.2 Å². The molecule has 0 heterocycles. The number of amides is 1. The molecule has 0 saturated heterocycles. The largest absolute Gasteiger partial charge is 0.506 e. The summed E-state index contributed by atoms with van der Waals surface area (Å²) >= 11 is 11.1. The molecule has 5 nitrogen and oxygen atoms in total. The summed E-state index contributed by atoms with van der Waals surface area (Å²) in [6.45, 7) is 4.19. The van der Waals surface area contributed by atoms with Crippen molar-refractivity contribution < 1.29 is 14.6 Å². The van der Waals surface area contributed by atoms with E-state index in [0.29, 0.717) is 22.4 Å². The van der Waals surface area contributed by atoms with E-state index < -0.39 is 5.91 Å². The molecular formula is C19H21ClN2O3S. The molecule has 0 aliphatic rings. The summed E-state index contributed by atoms with van der Waals surface area (Å²) in [4.78, 5) is 12.4. The third-order valence-electron chi connectivity index (χ3n) is 4.08. The monoisotopic (exact) mass is 392 g/mol. The second kappa shape index (κ2) is 8.87. The van der Waals surface area contributed by atoms with Gasteiger partial charge in [0.25, 0.3) is 5.91 Å². The Labute approximate surface area is 163 Å². The van der Waals surface area contributed by atoms with Gasteiger partial charge in [-0.05, 0) is 60.5 Å². The summed E-state index contributed by atoms with van der Waals surface area (Å²) in [7, 11) is 1.47. The quantitative estimate of drug-likeness (QED) is 0.508. The predicted octanol–water partition coefficient (Wildman–Crippen LogP) is 4.69. The van der Waals surface area contributed by atoms with Crippen molar-refractivity contribution in [1.29, 1.82) is 0 Å². The maximum atomic E-state index is 12.4. The minimum atomic E-state index is -0.459. The van der Waals surface area contributed by atoms with Crippen molar-refractivity contribution in [2.75, 3.05) is 12.4 Å². The molecule has 0 aromatic heterocycles. The van der Waals surface area contributed by atoms with Gasteiger partial charge in [-0.25, -0.2) is 0 Å². The number of ether oxygens (including phenoxy) is 1. The zero-order valence-electron chi connectivity index (χ0n) is 14.8. The van der Waals surface area contributed by atoms with Crippen molar-refractivity contribution in [2.24, 2.45) is 0 Å². The Morgan fingerprint density at radius 3 is 2.69 bits per heavy atom. The van der Waals surface area contributed by atoms with Crippen molar-refractivity contribution in [1.82, 2.24) is 5.32 Å². The highest BCUT2D eigenvalue weighted by Crippen LogP contribution is 2.29. The first-order valence-corrected chi connectivity index (χ1v) is 8.93. The second-order valence-corrected chi connectivity index (χ2v) is 6.68. The fourth-order valence-corrected chi connectivity index (χ4v) is 2.75. The molecule has 0 saturated carbocycles. The maximum absolute atomic E-state index is 12.4. The second-order valence-electron chi connectivity index (χ2n) is 5.84. The van der Waals surface area contributed by atoms with E-state index in [-0.39, 0.29) is 16.4 Å². The van der Waals surface area contributed by atoms with Gasteiger partial charge in [0.2, 0.25) is 0 Å². The third kappa shape index (κ3) is 4.86. The normalized spacial score (nSPS) is 11.5. The molecule has 0 bridgehead atoms. The minimum Gasteiger partial charge on any atom is -0.506 e. The zero-order valence-corrected chi connectivity index (χ0v) is 16.4. The van der Waals surface area contributed by atoms with Gasteiger partial charge in [-0.1, -0.05) is 31.5 Å². The highest BCUT2D eigenvalue weighted by Gasteiger charge is 2.15. The Morgan fingerprint density at radius 2 is 2.04 bits per heavy atom. The van der Waals surface area contributed by atoms with Crippen LogP contribution in [0.4, 0.5) is 5.69 Å². The lowest BCUT2D eigenvalue weighted by molar-refractivity contribution is 0.0974. The molecule has 1 atom stereocenters. The van der Waals surface area contributed by atoms with Gasteiger partial charge in [0, 0.05) is 5.02 Å². The van der Waals surface area contributed by atoms with E-state index in [9.17, 15) is 9.90 Å². The Morgan fingerprint density at radius 1 is 1.31 bits per heavy atom. The Hall–Kier alpha value is -2.31. The van der Waals surface area contributed by atoms with Gasteiger partial charge in [-0.2, -0.15) is 0 Å². The molecule has 0 unspecified atom stereocenters. The Bertz CT molecular complexity index is 826. The van der Waals surface area contributed by atoms with E-state index >= 15 is 0 Å². The van der Waals surface area contributed by atoms with Gasteiger partial charge in [0.15, 0.2) is 5.11 Å². The van der Waals surface area contributed by atoms with Crippen molar-refractivity contribution in [3.05, 3.63) is 52.5 Å². The number of carbonyl (C=O) groups excluding carboxylic acids is 1. The molecule has 0 aliphatic carbocycles. The molecular weight excluding hydrogens is 372 g/mol. The number of carbonyl (C=O) groups is 1. The number of thiocarbonyl (C=S) groups is 1. The predicted molar refractivity (Wildman–Crippen MR) is 109 cm³/mol. The van der Waals surface area contributed by atoms with E-state index in [2.05, 4.69) is 24.5 Å². The molecule has 1 amide bonds. The summed E-state index contributed by atoms with van der Waals surface area (Å²) in [6.07, 6.45) is 0.972. The zero-order chi connectivity index (χ0) is 19.3. The van der Waals surface area contributed by atoms with Crippen LogP contribution in [0.15, 0.2) is 36.4 Å². The average Bonchev–Trinajstić information content (AvgIpc) is 2.62. The van der Waals surface area contributed by atoms with E-state index in [1.54, 1.807) is 18.2 Å². The number of phenols is 1. The molecule has 7 heteroatoms. The molecule has 26 heavy (non-hydrogen) atoms. The summed E-state index contributed by atoms with van der Waals surface area (Å²) in [5.74, 6) is 0.319. The number of nitrogens with one attached hydrogen (secondary N) is 2. The molecule has 2 rings (SSSR count). The van der Waals surface area contributed by atoms with Crippen molar-refractivity contribution in [3.8, 4) is 11.5 Å². The van der Waals surface area contributed by atoms with Crippen LogP contribution in [-0.2, 0) is 0 Å². The summed E-state index contributed by atoms with van der Waals surface area (Å²) < 4.78 is 5.17. The van der Waals surface area contributed by atoms with Crippen LogP contribution in [0.3, 0.4) is 0 Å². The van der Waals surface area contributed by atoms with Crippen LogP contribution in [0.25, 0.3) is 0 Å². The van der Waals surface area contributed by atoms with Crippen molar-refractivity contribution in [2.45, 2.75) is 26.2 Å². The number of halogens is 1. The minimum absolute atomic E-state index is 0.0500. The lowest BCUT2D eigenvalue weighted by atomic mass is 9.98. The fraction of sp³-hybridized carbons (Fsp3) is 0.263. The van der Waals surface area contributed by atoms with Crippen LogP contribution in [0.1, 0.15) is 42.1 Å². The number of phenolic OH excluding ortho intramolecular Hbond substituents is 1. The van der Waals surface area contributed by atoms with Crippen molar-refractivity contribution >= 4 is 40.5 Å². The first-order chi connectivity index (χ1) is 12.3. The van der Waals surface area contributed by atoms with Gasteiger partial charge in [-0.3, -0.25) is 10.1 Å². The first kappa shape index (κ1) is 20.0. The maximum Gasteiger partial charge on any atom is 0.261 e. The smallest absolute Gasteiger partial charge is 0.261 e. The standard InChI is InChI=1S/C19H21ClN2O3S/c1-4-11(2)12-5-7-16(23)15(9-12)21-19(26)22-18(24)14-10-13(20)6-8-17(14)25-3/h5-11,23H,4H2,1-3H3,(H2,21,22,24,26)/t11-/m0/s1. The Kier molecular flexibility index (Phi) is 6.83. The number of anilines is 1. The number of hydrogen-bond donors (Lipinski definition) is 3. The number of hydrogen-bond acceptors (Lipinski definition) is 4. The molecule has 138 valence electrons. The van der Waals surface area contributed by atoms with Crippen LogP contribution < -0.4 is 15.4 Å². The van der Waals surface area contributed by atoms with Gasteiger partial charge in [0.1, 0.15) is 11.5 Å². The molecule has 2 aromatic carbocycles. The molecule has 0 aliphatic heterocycles. The van der Waals surface area contributed by atoms with Crippen LogP contribution in [0.2, 0.25) is 5.02 Å². The van der Waals surface area contributed by atoms with E-state index in [4.69, 9.17) is 28.6 Å². The highest BCUT2D eigenvalue weighted by atomic mass is 35.5. The lowest BCUT2D eigenvalue weighted by Crippen LogP contribution is -2.34. The molecule has 2 aromatic rings. The molecule has 0 spiro atoms. The highest BCUT2D eigenvalue weighted by molar-refractivity contribution is 7.80. The lowest BCUT2D eigenvalue weighted by Gasteiger charge is -2.15. The molecule has 0 fully saturated rings. The number of benzene rings is 2. The van der Waals surface area contributed by atoms with Crippen LogP contribution >= 0.6 is 23.8 Å². The topological polar surface area (TPSA) is 70.6 Å².